The molecular formula is C11H18N4O. The second kappa shape index (κ2) is 5.21. The zero-order chi connectivity index (χ0) is 11.4. The molecule has 1 fully saturated rings. The summed E-state index contributed by atoms with van der Waals surface area (Å²) in [5, 5.41) is 7.81. The van der Waals surface area contributed by atoms with Crippen molar-refractivity contribution >= 4 is 5.78 Å². The summed E-state index contributed by atoms with van der Waals surface area (Å²) in [7, 11) is 0. The van der Waals surface area contributed by atoms with E-state index in [0.717, 1.165) is 25.7 Å². The fourth-order valence-electron chi connectivity index (χ4n) is 2.23. The van der Waals surface area contributed by atoms with E-state index in [-0.39, 0.29) is 11.7 Å². The quantitative estimate of drug-likeness (QED) is 0.771. The van der Waals surface area contributed by atoms with Crippen LogP contribution < -0.4 is 5.73 Å². The molecule has 1 saturated carbocycles. The van der Waals surface area contributed by atoms with Crippen LogP contribution in [0, 0.1) is 5.92 Å². The van der Waals surface area contributed by atoms with Gasteiger partial charge in [-0.25, -0.2) is 0 Å². The average Bonchev–Trinajstić information content (AvgIpc) is 2.78. The lowest BCUT2D eigenvalue weighted by Crippen LogP contribution is -2.18. The Kier molecular flexibility index (Phi) is 3.66. The van der Waals surface area contributed by atoms with Gasteiger partial charge >= 0.3 is 0 Å². The number of rotatable bonds is 4. The largest absolute Gasteiger partial charge is 0.329 e. The summed E-state index contributed by atoms with van der Waals surface area (Å²) in [4.78, 5) is 12.1. The number of carbonyl (C=O) groups excluding carboxylic acids is 1. The van der Waals surface area contributed by atoms with Gasteiger partial charge in [-0.1, -0.05) is 24.5 Å². The van der Waals surface area contributed by atoms with Crippen molar-refractivity contribution in [1.82, 2.24) is 15.0 Å². The van der Waals surface area contributed by atoms with E-state index in [1.165, 1.54) is 6.42 Å². The topological polar surface area (TPSA) is 73.8 Å². The van der Waals surface area contributed by atoms with Crippen LogP contribution in [0.4, 0.5) is 0 Å². The molecule has 1 aromatic heterocycles. The molecule has 0 aromatic carbocycles. The van der Waals surface area contributed by atoms with Crippen LogP contribution in [0.3, 0.4) is 0 Å². The maximum atomic E-state index is 12.1. The summed E-state index contributed by atoms with van der Waals surface area (Å²) in [5.41, 5.74) is 5.92. The molecular weight excluding hydrogens is 204 g/mol. The first-order valence-corrected chi connectivity index (χ1v) is 5.95. The van der Waals surface area contributed by atoms with Crippen molar-refractivity contribution < 1.29 is 4.79 Å². The first-order chi connectivity index (χ1) is 7.81. The van der Waals surface area contributed by atoms with Crippen molar-refractivity contribution in [3.63, 3.8) is 0 Å². The third-order valence-electron chi connectivity index (χ3n) is 3.13. The fraction of sp³-hybridized carbons (Fsp3) is 0.727. The molecule has 0 spiro atoms. The molecule has 0 radical (unpaired) electrons. The predicted octanol–water partition coefficient (Wildman–Crippen LogP) is 1.000. The molecule has 2 rings (SSSR count). The molecule has 5 heteroatoms. The zero-order valence-corrected chi connectivity index (χ0v) is 9.43. The first-order valence-electron chi connectivity index (χ1n) is 5.95. The Morgan fingerprint density at radius 1 is 1.44 bits per heavy atom. The normalized spacial score (nSPS) is 17.6. The van der Waals surface area contributed by atoms with E-state index in [1.807, 2.05) is 0 Å². The Hall–Kier alpha value is -1.23. The van der Waals surface area contributed by atoms with Gasteiger partial charge in [-0.3, -0.25) is 9.48 Å². The van der Waals surface area contributed by atoms with Crippen molar-refractivity contribution in [3.8, 4) is 0 Å². The smallest absolute Gasteiger partial charge is 0.187 e. The lowest BCUT2D eigenvalue weighted by atomic mass is 9.85. The Morgan fingerprint density at radius 2 is 2.19 bits per heavy atom. The van der Waals surface area contributed by atoms with Crippen LogP contribution in [0.25, 0.3) is 0 Å². The molecule has 0 aliphatic heterocycles. The molecule has 88 valence electrons. The van der Waals surface area contributed by atoms with Crippen LogP contribution in [0.5, 0.6) is 0 Å². The molecule has 0 saturated heterocycles. The van der Waals surface area contributed by atoms with Crippen molar-refractivity contribution in [2.45, 2.75) is 38.6 Å². The number of Topliss-reactive ketones (excluding diaryl/α,β-unsaturated/α-hetero) is 1. The minimum absolute atomic E-state index is 0.156. The second-order valence-electron chi connectivity index (χ2n) is 4.35. The van der Waals surface area contributed by atoms with E-state index in [0.29, 0.717) is 18.8 Å². The van der Waals surface area contributed by atoms with Crippen LogP contribution in [-0.4, -0.2) is 27.3 Å². The third-order valence-corrected chi connectivity index (χ3v) is 3.13. The number of ketones is 1. The number of nitrogens with zero attached hydrogens (tertiary/aromatic N) is 3. The number of carbonyl (C=O) groups is 1. The van der Waals surface area contributed by atoms with Gasteiger partial charge in [-0.05, 0) is 12.8 Å². The summed E-state index contributed by atoms with van der Waals surface area (Å²) in [6.07, 6.45) is 7.29. The first kappa shape index (κ1) is 11.3. The Bertz CT molecular complexity index is 355. The number of nitrogens with two attached hydrogens (primary N) is 1. The van der Waals surface area contributed by atoms with Gasteiger partial charge in [0.1, 0.15) is 5.69 Å². The summed E-state index contributed by atoms with van der Waals surface area (Å²) in [6.45, 7) is 1.13. The van der Waals surface area contributed by atoms with Crippen molar-refractivity contribution in [3.05, 3.63) is 11.9 Å². The molecule has 1 aliphatic rings. The monoisotopic (exact) mass is 222 g/mol. The molecule has 0 unspecified atom stereocenters. The van der Waals surface area contributed by atoms with Gasteiger partial charge < -0.3 is 5.73 Å². The lowest BCUT2D eigenvalue weighted by molar-refractivity contribution is 0.0884. The summed E-state index contributed by atoms with van der Waals surface area (Å²) >= 11 is 0. The standard InChI is InChI=1S/C11H18N4O/c12-6-7-15-8-10(13-14-15)11(16)9-4-2-1-3-5-9/h8-9H,1-7,12H2. The Morgan fingerprint density at radius 3 is 2.88 bits per heavy atom. The lowest BCUT2D eigenvalue weighted by Gasteiger charge is -2.18. The minimum Gasteiger partial charge on any atom is -0.329 e. The average molecular weight is 222 g/mol. The summed E-state index contributed by atoms with van der Waals surface area (Å²) in [5.74, 6) is 0.319. The molecule has 1 heterocycles. The third kappa shape index (κ3) is 2.47. The number of hydrogen-bond donors (Lipinski definition) is 1. The van der Waals surface area contributed by atoms with Crippen LogP contribution >= 0.6 is 0 Å². The minimum atomic E-state index is 0.156. The van der Waals surface area contributed by atoms with Crippen molar-refractivity contribution in [2.24, 2.45) is 11.7 Å². The highest BCUT2D eigenvalue weighted by Gasteiger charge is 2.24. The van der Waals surface area contributed by atoms with Crippen molar-refractivity contribution in [1.29, 1.82) is 0 Å². The van der Waals surface area contributed by atoms with Crippen molar-refractivity contribution in [2.75, 3.05) is 6.54 Å². The van der Waals surface area contributed by atoms with E-state index in [2.05, 4.69) is 10.3 Å². The molecule has 0 amide bonds. The van der Waals surface area contributed by atoms with E-state index in [1.54, 1.807) is 10.9 Å². The van der Waals surface area contributed by atoms with Gasteiger partial charge in [0.15, 0.2) is 5.78 Å². The van der Waals surface area contributed by atoms with Gasteiger partial charge in [0, 0.05) is 12.5 Å². The van der Waals surface area contributed by atoms with E-state index in [4.69, 9.17) is 5.73 Å². The zero-order valence-electron chi connectivity index (χ0n) is 9.43. The molecule has 16 heavy (non-hydrogen) atoms. The van der Waals surface area contributed by atoms with Crippen LogP contribution in [0.2, 0.25) is 0 Å². The SMILES string of the molecule is NCCn1cc(C(=O)C2CCCCC2)nn1. The van der Waals surface area contributed by atoms with E-state index in [9.17, 15) is 4.79 Å². The van der Waals surface area contributed by atoms with Crippen LogP contribution in [-0.2, 0) is 6.54 Å². The molecule has 0 bridgehead atoms. The fourth-order valence-corrected chi connectivity index (χ4v) is 2.23. The maximum absolute atomic E-state index is 12.1. The second-order valence-corrected chi connectivity index (χ2v) is 4.35. The van der Waals surface area contributed by atoms with E-state index < -0.39 is 0 Å². The Labute approximate surface area is 95.0 Å². The molecule has 5 nitrogen and oxygen atoms in total. The van der Waals surface area contributed by atoms with Gasteiger partial charge in [0.05, 0.1) is 12.7 Å². The van der Waals surface area contributed by atoms with Gasteiger partial charge in [0.2, 0.25) is 0 Å². The molecule has 0 atom stereocenters. The van der Waals surface area contributed by atoms with E-state index >= 15 is 0 Å². The molecule has 2 N–H and O–H groups in total. The van der Waals surface area contributed by atoms with Gasteiger partial charge in [-0.2, -0.15) is 0 Å². The van der Waals surface area contributed by atoms with Crippen LogP contribution in [0.1, 0.15) is 42.6 Å². The summed E-state index contributed by atoms with van der Waals surface area (Å²) in [6, 6.07) is 0. The van der Waals surface area contributed by atoms with Gasteiger partial charge in [-0.15, -0.1) is 5.10 Å². The summed E-state index contributed by atoms with van der Waals surface area (Å²) < 4.78 is 1.63. The molecule has 1 aromatic rings. The Balaban J connectivity index is 2.01. The van der Waals surface area contributed by atoms with Crippen LogP contribution in [0.15, 0.2) is 6.20 Å². The predicted molar refractivity (Wildman–Crippen MR) is 60.0 cm³/mol. The highest BCUT2D eigenvalue weighted by Crippen LogP contribution is 2.26. The highest BCUT2D eigenvalue weighted by molar-refractivity contribution is 5.95. The number of aromatic nitrogens is 3. The maximum Gasteiger partial charge on any atom is 0.187 e. The van der Waals surface area contributed by atoms with Gasteiger partial charge in [0.25, 0.3) is 0 Å². The number of hydrogen-bond acceptors (Lipinski definition) is 4. The highest BCUT2D eigenvalue weighted by atomic mass is 16.1. The molecule has 1 aliphatic carbocycles.